The Kier molecular flexibility index (Phi) is 4.34. The summed E-state index contributed by atoms with van der Waals surface area (Å²) in [4.78, 5) is 15.8. The number of ether oxygens (including phenoxy) is 1. The number of thioether (sulfide) groups is 1. The van der Waals surface area contributed by atoms with Crippen molar-refractivity contribution in [1.29, 1.82) is 0 Å². The minimum absolute atomic E-state index is 0.0336. The Labute approximate surface area is 176 Å². The number of rotatable bonds is 3. The Bertz CT molecular complexity index is 1320. The Morgan fingerprint density at radius 1 is 1.31 bits per heavy atom. The third-order valence-corrected chi connectivity index (χ3v) is 7.24. The van der Waals surface area contributed by atoms with Crippen molar-refractivity contribution in [1.82, 2.24) is 19.2 Å². The van der Waals surface area contributed by atoms with E-state index in [1.807, 2.05) is 35.6 Å². The molecule has 0 N–H and O–H groups in total. The number of fused-ring (bicyclic) bond motifs is 5. The molecule has 0 atom stereocenters. The lowest BCUT2D eigenvalue weighted by Crippen LogP contribution is -2.32. The number of benzene rings is 1. The Balaban J connectivity index is 1.94. The molecule has 0 bridgehead atoms. The third-order valence-electron chi connectivity index (χ3n) is 5.24. The number of thiophene rings is 1. The fraction of sp³-hybridized carbons (Fsp3) is 0.381. The first-order valence-electron chi connectivity index (χ1n) is 9.68. The molecule has 0 aliphatic carbocycles. The van der Waals surface area contributed by atoms with Crippen molar-refractivity contribution in [3.63, 3.8) is 0 Å². The zero-order valence-electron chi connectivity index (χ0n) is 16.9. The topological polar surface area (TPSA) is 61.4 Å². The highest BCUT2D eigenvalue weighted by molar-refractivity contribution is 7.99. The van der Waals surface area contributed by atoms with Gasteiger partial charge in [0.05, 0.1) is 23.3 Å². The summed E-state index contributed by atoms with van der Waals surface area (Å²) in [6.07, 6.45) is 0.718. The highest BCUT2D eigenvalue weighted by atomic mass is 32.2. The SMILES string of the molecule is CCSc1nnc2n(-c3cccc(C)c3)c(=O)c3c4c(sc3n12)COC(C)(C)C4. The molecule has 6 nitrogen and oxygen atoms in total. The van der Waals surface area contributed by atoms with E-state index in [4.69, 9.17) is 4.74 Å². The van der Waals surface area contributed by atoms with E-state index in [1.165, 1.54) is 0 Å². The number of aromatic nitrogens is 4. The predicted octanol–water partition coefficient (Wildman–Crippen LogP) is 4.37. The molecule has 0 saturated carbocycles. The first-order valence-corrected chi connectivity index (χ1v) is 11.5. The quantitative estimate of drug-likeness (QED) is 0.455. The second kappa shape index (κ2) is 6.68. The van der Waals surface area contributed by atoms with Crippen LogP contribution < -0.4 is 5.56 Å². The first-order chi connectivity index (χ1) is 13.9. The molecule has 1 aromatic carbocycles. The van der Waals surface area contributed by atoms with Crippen molar-refractivity contribution in [3.05, 3.63) is 50.6 Å². The van der Waals surface area contributed by atoms with Gasteiger partial charge in [-0.05, 0) is 49.8 Å². The summed E-state index contributed by atoms with van der Waals surface area (Å²) in [6.45, 7) is 8.81. The fourth-order valence-electron chi connectivity index (χ4n) is 3.93. The maximum absolute atomic E-state index is 13.8. The molecule has 5 rings (SSSR count). The average molecular weight is 427 g/mol. The molecule has 0 amide bonds. The second-order valence-electron chi connectivity index (χ2n) is 7.94. The molecular weight excluding hydrogens is 404 g/mol. The molecule has 1 aliphatic rings. The molecule has 0 radical (unpaired) electrons. The Hall–Kier alpha value is -2.16. The molecule has 0 unspecified atom stereocenters. The van der Waals surface area contributed by atoms with E-state index in [0.29, 0.717) is 12.4 Å². The molecule has 1 aliphatic heterocycles. The summed E-state index contributed by atoms with van der Waals surface area (Å²) < 4.78 is 9.77. The summed E-state index contributed by atoms with van der Waals surface area (Å²) >= 11 is 3.26. The lowest BCUT2D eigenvalue weighted by atomic mass is 9.94. The normalized spacial score (nSPS) is 15.9. The van der Waals surface area contributed by atoms with Crippen molar-refractivity contribution in [2.24, 2.45) is 0 Å². The van der Waals surface area contributed by atoms with Crippen molar-refractivity contribution in [2.45, 2.75) is 51.5 Å². The van der Waals surface area contributed by atoms with Gasteiger partial charge in [0.25, 0.3) is 5.56 Å². The van der Waals surface area contributed by atoms with E-state index in [1.54, 1.807) is 27.7 Å². The van der Waals surface area contributed by atoms with Crippen LogP contribution in [0.1, 0.15) is 36.8 Å². The number of aryl methyl sites for hydroxylation is 1. The molecule has 0 fully saturated rings. The second-order valence-corrected chi connectivity index (χ2v) is 10.3. The van der Waals surface area contributed by atoms with Crippen LogP contribution >= 0.6 is 23.1 Å². The molecule has 0 spiro atoms. The fourth-order valence-corrected chi connectivity index (χ4v) is 5.86. The van der Waals surface area contributed by atoms with Crippen LogP contribution in [0.15, 0.2) is 34.2 Å². The highest BCUT2D eigenvalue weighted by Crippen LogP contribution is 2.39. The minimum atomic E-state index is -0.287. The van der Waals surface area contributed by atoms with Gasteiger partial charge in [0.1, 0.15) is 4.83 Å². The van der Waals surface area contributed by atoms with Crippen LogP contribution in [0, 0.1) is 6.92 Å². The first kappa shape index (κ1) is 18.8. The number of hydrogen-bond donors (Lipinski definition) is 0. The lowest BCUT2D eigenvalue weighted by Gasteiger charge is -2.29. The van der Waals surface area contributed by atoms with Crippen LogP contribution in [0.3, 0.4) is 0 Å². The molecule has 0 saturated heterocycles. The molecule has 150 valence electrons. The maximum atomic E-state index is 13.8. The summed E-state index contributed by atoms with van der Waals surface area (Å²) in [7, 11) is 0. The molecular formula is C21H22N4O2S2. The van der Waals surface area contributed by atoms with E-state index in [2.05, 4.69) is 31.0 Å². The van der Waals surface area contributed by atoms with Crippen LogP contribution in [-0.2, 0) is 17.8 Å². The van der Waals surface area contributed by atoms with Crippen LogP contribution in [0.5, 0.6) is 0 Å². The van der Waals surface area contributed by atoms with Gasteiger partial charge in [0.15, 0.2) is 5.16 Å². The number of hydrogen-bond acceptors (Lipinski definition) is 6. The smallest absolute Gasteiger partial charge is 0.268 e. The monoisotopic (exact) mass is 426 g/mol. The highest BCUT2D eigenvalue weighted by Gasteiger charge is 2.32. The van der Waals surface area contributed by atoms with Gasteiger partial charge >= 0.3 is 0 Å². The molecule has 8 heteroatoms. The maximum Gasteiger partial charge on any atom is 0.268 e. The van der Waals surface area contributed by atoms with Crippen molar-refractivity contribution in [3.8, 4) is 5.69 Å². The van der Waals surface area contributed by atoms with E-state index in [9.17, 15) is 4.79 Å². The van der Waals surface area contributed by atoms with E-state index >= 15 is 0 Å². The van der Waals surface area contributed by atoms with Crippen LogP contribution in [0.2, 0.25) is 0 Å². The van der Waals surface area contributed by atoms with E-state index < -0.39 is 0 Å². The van der Waals surface area contributed by atoms with Gasteiger partial charge in [0.2, 0.25) is 5.78 Å². The van der Waals surface area contributed by atoms with Gasteiger partial charge < -0.3 is 4.74 Å². The van der Waals surface area contributed by atoms with Gasteiger partial charge in [-0.3, -0.25) is 4.79 Å². The predicted molar refractivity (Wildman–Crippen MR) is 118 cm³/mol. The van der Waals surface area contributed by atoms with E-state index in [0.717, 1.165) is 49.2 Å². The van der Waals surface area contributed by atoms with Crippen LogP contribution in [-0.4, -0.2) is 30.5 Å². The zero-order chi connectivity index (χ0) is 20.3. The summed E-state index contributed by atoms with van der Waals surface area (Å²) in [5, 5.41) is 10.4. The lowest BCUT2D eigenvalue weighted by molar-refractivity contribution is -0.0379. The average Bonchev–Trinajstić information content (AvgIpc) is 3.23. The Morgan fingerprint density at radius 3 is 2.90 bits per heavy atom. The molecule has 3 aromatic heterocycles. The van der Waals surface area contributed by atoms with Crippen molar-refractivity contribution < 1.29 is 4.74 Å². The van der Waals surface area contributed by atoms with E-state index in [-0.39, 0.29) is 11.2 Å². The van der Waals surface area contributed by atoms with Crippen molar-refractivity contribution in [2.75, 3.05) is 5.75 Å². The minimum Gasteiger partial charge on any atom is -0.370 e. The zero-order valence-corrected chi connectivity index (χ0v) is 18.5. The Morgan fingerprint density at radius 2 is 2.14 bits per heavy atom. The van der Waals surface area contributed by atoms with Gasteiger partial charge in [-0.15, -0.1) is 21.5 Å². The van der Waals surface area contributed by atoms with Gasteiger partial charge in [0, 0.05) is 11.3 Å². The van der Waals surface area contributed by atoms with Gasteiger partial charge in [-0.2, -0.15) is 0 Å². The largest absolute Gasteiger partial charge is 0.370 e. The standard InChI is InChI=1S/C21H22N4O2S2/c1-5-28-20-23-22-19-24(13-8-6-7-12(2)9-13)17(26)16-14-10-21(3,4)27-11-15(14)29-18(16)25(19)20/h6-9H,5,10-11H2,1-4H3. The summed E-state index contributed by atoms with van der Waals surface area (Å²) in [6, 6.07) is 7.96. The van der Waals surface area contributed by atoms with Crippen molar-refractivity contribution >= 4 is 39.1 Å². The number of nitrogens with zero attached hydrogens (tertiary/aromatic N) is 4. The molecule has 4 heterocycles. The molecule has 29 heavy (non-hydrogen) atoms. The van der Waals surface area contributed by atoms with Gasteiger partial charge in [-0.1, -0.05) is 30.8 Å². The van der Waals surface area contributed by atoms with Gasteiger partial charge in [-0.25, -0.2) is 8.97 Å². The molecule has 4 aromatic rings. The van der Waals surface area contributed by atoms with Crippen LogP contribution in [0.4, 0.5) is 0 Å². The third kappa shape index (κ3) is 2.93. The summed E-state index contributed by atoms with van der Waals surface area (Å²) in [5.74, 6) is 1.44. The van der Waals surface area contributed by atoms with Crippen LogP contribution in [0.25, 0.3) is 21.7 Å². The summed E-state index contributed by atoms with van der Waals surface area (Å²) in [5.41, 5.74) is 2.69.